The van der Waals surface area contributed by atoms with Gasteiger partial charge in [-0.2, -0.15) is 0 Å². The number of hydrogen-bond donors (Lipinski definition) is 2. The van der Waals surface area contributed by atoms with Crippen LogP contribution in [0, 0.1) is 5.92 Å². The van der Waals surface area contributed by atoms with Crippen molar-refractivity contribution in [3.05, 3.63) is 29.8 Å². The molecule has 0 aromatic heterocycles. The summed E-state index contributed by atoms with van der Waals surface area (Å²) in [6, 6.07) is 8.99. The minimum Gasteiger partial charge on any atom is -0.378 e. The number of anilines is 1. The van der Waals surface area contributed by atoms with Crippen molar-refractivity contribution in [2.45, 2.75) is 39.2 Å². The summed E-state index contributed by atoms with van der Waals surface area (Å²) in [5.41, 5.74) is 2.58. The summed E-state index contributed by atoms with van der Waals surface area (Å²) >= 11 is 0. The third kappa shape index (κ3) is 7.48. The first kappa shape index (κ1) is 24.5. The fourth-order valence-electron chi connectivity index (χ4n) is 3.29. The van der Waals surface area contributed by atoms with Crippen molar-refractivity contribution in [3.63, 3.8) is 0 Å². The fraction of sp³-hybridized carbons (Fsp3) is 0.619. The lowest BCUT2D eigenvalue weighted by atomic mass is 10.1. The van der Waals surface area contributed by atoms with Crippen molar-refractivity contribution >= 4 is 41.5 Å². The molecule has 0 radical (unpaired) electrons. The maximum Gasteiger partial charge on any atom is 0.225 e. The molecule has 2 rings (SSSR count). The number of halogens is 1. The molecule has 1 atom stereocenters. The molecular weight excluding hydrogens is 465 g/mol. The van der Waals surface area contributed by atoms with E-state index in [1.807, 2.05) is 18.7 Å². The van der Waals surface area contributed by atoms with Gasteiger partial charge in [-0.25, -0.2) is 0 Å². The molecule has 1 saturated heterocycles. The second kappa shape index (κ2) is 12.1. The number of carbonyl (C=O) groups excluding carboxylic acids is 1. The summed E-state index contributed by atoms with van der Waals surface area (Å²) in [5.74, 6) is 1.12. The van der Waals surface area contributed by atoms with E-state index in [9.17, 15) is 4.79 Å². The molecule has 2 N–H and O–H groups in total. The number of benzene rings is 1. The van der Waals surface area contributed by atoms with Gasteiger partial charge in [-0.05, 0) is 37.0 Å². The van der Waals surface area contributed by atoms with E-state index in [4.69, 9.17) is 0 Å². The van der Waals surface area contributed by atoms with Crippen LogP contribution in [0.2, 0.25) is 0 Å². The van der Waals surface area contributed by atoms with Crippen molar-refractivity contribution in [2.24, 2.45) is 10.9 Å². The van der Waals surface area contributed by atoms with Crippen LogP contribution in [0.4, 0.5) is 5.69 Å². The molecule has 28 heavy (non-hydrogen) atoms. The maximum absolute atomic E-state index is 12.1. The third-order valence-corrected chi connectivity index (χ3v) is 4.95. The van der Waals surface area contributed by atoms with Gasteiger partial charge in [0.15, 0.2) is 5.96 Å². The van der Waals surface area contributed by atoms with Gasteiger partial charge in [0.25, 0.3) is 0 Å². The number of aliphatic imine (C=N–C) groups is 1. The summed E-state index contributed by atoms with van der Waals surface area (Å²) in [6.45, 7) is 6.37. The third-order valence-electron chi connectivity index (χ3n) is 4.95. The highest BCUT2D eigenvalue weighted by molar-refractivity contribution is 14.0. The van der Waals surface area contributed by atoms with E-state index in [0.29, 0.717) is 0 Å². The average Bonchev–Trinajstić information content (AvgIpc) is 3.12. The molecular formula is C21H36IN5O. The number of hydrogen-bond acceptors (Lipinski definition) is 3. The lowest BCUT2D eigenvalue weighted by molar-refractivity contribution is -0.133. The van der Waals surface area contributed by atoms with Gasteiger partial charge in [-0.15, -0.1) is 24.0 Å². The molecule has 7 heteroatoms. The number of likely N-dealkylation sites (tertiary alicyclic amines) is 1. The van der Waals surface area contributed by atoms with Crippen molar-refractivity contribution < 1.29 is 4.79 Å². The Bertz CT molecular complexity index is 630. The fourth-order valence-corrected chi connectivity index (χ4v) is 3.29. The highest BCUT2D eigenvalue weighted by Crippen LogP contribution is 2.14. The first-order chi connectivity index (χ1) is 12.9. The molecule has 1 aromatic carbocycles. The largest absolute Gasteiger partial charge is 0.378 e. The van der Waals surface area contributed by atoms with Gasteiger partial charge >= 0.3 is 0 Å². The number of nitrogens with one attached hydrogen (secondary N) is 2. The molecule has 1 fully saturated rings. The Balaban J connectivity index is 0.00000392. The molecule has 1 aliphatic rings. The molecule has 0 saturated carbocycles. The zero-order valence-corrected chi connectivity index (χ0v) is 20.2. The SMILES string of the molecule is CN=C(NCCCc1ccc(N(C)C)cc1)NC1CCN(C(=O)C(C)C)C1.I. The Morgan fingerprint density at radius 2 is 1.96 bits per heavy atom. The van der Waals surface area contributed by atoms with Crippen LogP contribution in [-0.2, 0) is 11.2 Å². The zero-order chi connectivity index (χ0) is 19.8. The molecule has 0 spiro atoms. The lowest BCUT2D eigenvalue weighted by Crippen LogP contribution is -2.45. The summed E-state index contributed by atoms with van der Waals surface area (Å²) in [6.07, 6.45) is 3.06. The summed E-state index contributed by atoms with van der Waals surface area (Å²) in [7, 11) is 5.90. The summed E-state index contributed by atoms with van der Waals surface area (Å²) in [4.78, 5) is 20.5. The number of nitrogens with zero attached hydrogens (tertiary/aromatic N) is 3. The van der Waals surface area contributed by atoms with E-state index in [1.54, 1.807) is 7.05 Å². The summed E-state index contributed by atoms with van der Waals surface area (Å²) in [5, 5.41) is 6.84. The Morgan fingerprint density at radius 1 is 1.29 bits per heavy atom. The van der Waals surface area contributed by atoms with E-state index in [-0.39, 0.29) is 41.8 Å². The van der Waals surface area contributed by atoms with Crippen LogP contribution in [0.3, 0.4) is 0 Å². The van der Waals surface area contributed by atoms with E-state index in [0.717, 1.165) is 44.9 Å². The van der Waals surface area contributed by atoms with Crippen molar-refractivity contribution in [3.8, 4) is 0 Å². The van der Waals surface area contributed by atoms with E-state index in [2.05, 4.69) is 58.9 Å². The van der Waals surface area contributed by atoms with Gasteiger partial charge in [0, 0.05) is 58.4 Å². The monoisotopic (exact) mass is 501 g/mol. The number of guanidine groups is 1. The molecule has 1 aliphatic heterocycles. The van der Waals surface area contributed by atoms with Crippen LogP contribution in [0.25, 0.3) is 0 Å². The molecule has 1 aromatic rings. The van der Waals surface area contributed by atoms with Gasteiger partial charge in [-0.1, -0.05) is 26.0 Å². The van der Waals surface area contributed by atoms with E-state index in [1.165, 1.54) is 11.3 Å². The number of carbonyl (C=O) groups is 1. The standard InChI is InChI=1S/C21H35N5O.HI/c1-16(2)20(27)26-14-12-18(15-26)24-21(22-3)23-13-6-7-17-8-10-19(11-9-17)25(4)5;/h8-11,16,18H,6-7,12-15H2,1-5H3,(H2,22,23,24);1H. The average molecular weight is 501 g/mol. The highest BCUT2D eigenvalue weighted by Gasteiger charge is 2.27. The van der Waals surface area contributed by atoms with Gasteiger partial charge in [0.2, 0.25) is 5.91 Å². The van der Waals surface area contributed by atoms with Gasteiger partial charge < -0.3 is 20.4 Å². The Labute approximate surface area is 187 Å². The quantitative estimate of drug-likeness (QED) is 0.261. The minimum absolute atomic E-state index is 0. The van der Waals surface area contributed by atoms with Crippen molar-refractivity contribution in [1.29, 1.82) is 0 Å². The highest BCUT2D eigenvalue weighted by atomic mass is 127. The maximum atomic E-state index is 12.1. The van der Waals surface area contributed by atoms with Gasteiger partial charge in [0.05, 0.1) is 0 Å². The van der Waals surface area contributed by atoms with Gasteiger partial charge in [0.1, 0.15) is 0 Å². The normalized spacial score (nSPS) is 16.7. The van der Waals surface area contributed by atoms with Crippen LogP contribution in [0.1, 0.15) is 32.3 Å². The van der Waals surface area contributed by atoms with Crippen LogP contribution >= 0.6 is 24.0 Å². The second-order valence-corrected chi connectivity index (χ2v) is 7.73. The van der Waals surface area contributed by atoms with Crippen LogP contribution < -0.4 is 15.5 Å². The van der Waals surface area contributed by atoms with Crippen LogP contribution in [0.5, 0.6) is 0 Å². The predicted molar refractivity (Wildman–Crippen MR) is 129 cm³/mol. The molecule has 6 nitrogen and oxygen atoms in total. The summed E-state index contributed by atoms with van der Waals surface area (Å²) < 4.78 is 0. The van der Waals surface area contributed by atoms with E-state index >= 15 is 0 Å². The molecule has 1 unspecified atom stereocenters. The Morgan fingerprint density at radius 3 is 2.54 bits per heavy atom. The smallest absolute Gasteiger partial charge is 0.225 e. The first-order valence-corrected chi connectivity index (χ1v) is 9.93. The molecule has 1 heterocycles. The number of amides is 1. The minimum atomic E-state index is 0. The van der Waals surface area contributed by atoms with Crippen LogP contribution in [0.15, 0.2) is 29.3 Å². The topological polar surface area (TPSA) is 60.0 Å². The predicted octanol–water partition coefficient (Wildman–Crippen LogP) is 2.73. The molecule has 158 valence electrons. The molecule has 0 bridgehead atoms. The number of aryl methyl sites for hydroxylation is 1. The molecule has 0 aliphatic carbocycles. The zero-order valence-electron chi connectivity index (χ0n) is 17.9. The first-order valence-electron chi connectivity index (χ1n) is 9.93. The van der Waals surface area contributed by atoms with Crippen molar-refractivity contribution in [2.75, 3.05) is 45.7 Å². The van der Waals surface area contributed by atoms with Gasteiger partial charge in [-0.3, -0.25) is 9.79 Å². The second-order valence-electron chi connectivity index (χ2n) is 7.73. The Kier molecular flexibility index (Phi) is 10.6. The van der Waals surface area contributed by atoms with Crippen molar-refractivity contribution in [1.82, 2.24) is 15.5 Å². The van der Waals surface area contributed by atoms with Crippen LogP contribution in [-0.4, -0.2) is 63.6 Å². The van der Waals surface area contributed by atoms with E-state index < -0.39 is 0 Å². The lowest BCUT2D eigenvalue weighted by Gasteiger charge is -2.20. The molecule has 1 amide bonds. The number of rotatable bonds is 7. The Hall–Kier alpha value is -1.51.